The molecular formula is C13H20N6S. The number of aryl methyl sites for hydroxylation is 2. The first-order valence-corrected chi connectivity index (χ1v) is 7.58. The molecule has 0 radical (unpaired) electrons. The van der Waals surface area contributed by atoms with Gasteiger partial charge in [0.2, 0.25) is 0 Å². The molecule has 0 amide bonds. The van der Waals surface area contributed by atoms with Crippen LogP contribution in [0, 0.1) is 6.92 Å². The van der Waals surface area contributed by atoms with Gasteiger partial charge in [-0.05, 0) is 13.3 Å². The van der Waals surface area contributed by atoms with Crippen LogP contribution in [0.4, 0.5) is 11.6 Å². The lowest BCUT2D eigenvalue weighted by Gasteiger charge is -2.08. The molecule has 7 heteroatoms. The molecule has 2 heterocycles. The van der Waals surface area contributed by atoms with Gasteiger partial charge in [-0.3, -0.25) is 0 Å². The molecular weight excluding hydrogens is 272 g/mol. The maximum absolute atomic E-state index is 5.43. The van der Waals surface area contributed by atoms with Crippen molar-refractivity contribution in [3.63, 3.8) is 0 Å². The van der Waals surface area contributed by atoms with Crippen LogP contribution in [-0.2, 0) is 12.8 Å². The van der Waals surface area contributed by atoms with Crippen molar-refractivity contribution in [2.45, 2.75) is 33.1 Å². The van der Waals surface area contributed by atoms with E-state index < -0.39 is 0 Å². The Kier molecular flexibility index (Phi) is 5.25. The molecule has 6 nitrogen and oxygen atoms in total. The molecule has 0 saturated carbocycles. The molecule has 0 aliphatic heterocycles. The summed E-state index contributed by atoms with van der Waals surface area (Å²) in [6.07, 6.45) is 2.73. The number of nitrogens with two attached hydrogens (primary N) is 1. The fraction of sp³-hybridized carbons (Fsp3) is 0.462. The van der Waals surface area contributed by atoms with Crippen LogP contribution in [0.15, 0.2) is 11.4 Å². The highest BCUT2D eigenvalue weighted by atomic mass is 32.1. The van der Waals surface area contributed by atoms with Crippen molar-refractivity contribution in [3.8, 4) is 0 Å². The van der Waals surface area contributed by atoms with E-state index in [9.17, 15) is 0 Å². The number of nitrogens with zero attached hydrogens (tertiary/aromatic N) is 3. The second kappa shape index (κ2) is 7.16. The highest BCUT2D eigenvalue weighted by molar-refractivity contribution is 7.09. The summed E-state index contributed by atoms with van der Waals surface area (Å²) in [4.78, 5) is 13.2. The van der Waals surface area contributed by atoms with E-state index in [0.717, 1.165) is 48.2 Å². The first kappa shape index (κ1) is 14.7. The molecule has 0 atom stereocenters. The molecule has 0 spiro atoms. The van der Waals surface area contributed by atoms with E-state index in [1.54, 1.807) is 11.3 Å². The van der Waals surface area contributed by atoms with E-state index in [4.69, 9.17) is 5.84 Å². The van der Waals surface area contributed by atoms with Crippen molar-refractivity contribution in [1.82, 2.24) is 15.0 Å². The van der Waals surface area contributed by atoms with E-state index in [1.165, 1.54) is 0 Å². The minimum absolute atomic E-state index is 0.635. The number of hydrazine groups is 1. The summed E-state index contributed by atoms with van der Waals surface area (Å²) in [5.74, 6) is 7.66. The lowest BCUT2D eigenvalue weighted by Crippen LogP contribution is -2.13. The molecule has 0 saturated heterocycles. The van der Waals surface area contributed by atoms with E-state index >= 15 is 0 Å². The Morgan fingerprint density at radius 2 is 2.00 bits per heavy atom. The van der Waals surface area contributed by atoms with Gasteiger partial charge in [0.25, 0.3) is 0 Å². The monoisotopic (exact) mass is 292 g/mol. The maximum Gasteiger partial charge on any atom is 0.145 e. The van der Waals surface area contributed by atoms with Crippen LogP contribution < -0.4 is 16.6 Å². The Labute approximate surface area is 122 Å². The second-order valence-electron chi connectivity index (χ2n) is 4.51. The molecule has 2 aromatic heterocycles. The predicted molar refractivity (Wildman–Crippen MR) is 82.9 cm³/mol. The van der Waals surface area contributed by atoms with Gasteiger partial charge in [0.1, 0.15) is 17.5 Å². The number of nitrogen functional groups attached to an aromatic ring is 1. The number of rotatable bonds is 7. The summed E-state index contributed by atoms with van der Waals surface area (Å²) in [5, 5.41) is 6.50. The minimum Gasteiger partial charge on any atom is -0.369 e. The standard InChI is InChI=1S/C13H20N6S/c1-3-4-10-17-11(7-12(18-10)19-14)15-6-5-13-16-9(2)8-20-13/h7-8H,3-6,14H2,1-2H3,(H2,15,17,18,19). The zero-order valence-corrected chi connectivity index (χ0v) is 12.6. The molecule has 0 aromatic carbocycles. The van der Waals surface area contributed by atoms with Crippen LogP contribution >= 0.6 is 11.3 Å². The van der Waals surface area contributed by atoms with Gasteiger partial charge in [-0.1, -0.05) is 6.92 Å². The normalized spacial score (nSPS) is 10.6. The van der Waals surface area contributed by atoms with Crippen molar-refractivity contribution in [3.05, 3.63) is 28.0 Å². The van der Waals surface area contributed by atoms with Crippen LogP contribution in [0.5, 0.6) is 0 Å². The summed E-state index contributed by atoms with van der Waals surface area (Å²) in [6, 6.07) is 1.81. The Hall–Kier alpha value is -1.73. The third-order valence-corrected chi connectivity index (χ3v) is 3.73. The van der Waals surface area contributed by atoms with Gasteiger partial charge >= 0.3 is 0 Å². The molecule has 108 valence electrons. The summed E-state index contributed by atoms with van der Waals surface area (Å²) in [6.45, 7) is 4.90. The predicted octanol–water partition coefficient (Wildman–Crippen LogP) is 2.13. The number of hydrogen-bond acceptors (Lipinski definition) is 7. The summed E-state index contributed by atoms with van der Waals surface area (Å²) < 4.78 is 0. The fourth-order valence-electron chi connectivity index (χ4n) is 1.81. The summed E-state index contributed by atoms with van der Waals surface area (Å²) >= 11 is 1.69. The Balaban J connectivity index is 1.95. The number of thiazole rings is 1. The van der Waals surface area contributed by atoms with Crippen molar-refractivity contribution < 1.29 is 0 Å². The molecule has 0 aliphatic rings. The van der Waals surface area contributed by atoms with Gasteiger partial charge < -0.3 is 10.7 Å². The minimum atomic E-state index is 0.635. The molecule has 20 heavy (non-hydrogen) atoms. The van der Waals surface area contributed by atoms with E-state index in [-0.39, 0.29) is 0 Å². The molecule has 2 aromatic rings. The van der Waals surface area contributed by atoms with Gasteiger partial charge in [0, 0.05) is 36.5 Å². The number of anilines is 2. The molecule has 0 bridgehead atoms. The van der Waals surface area contributed by atoms with Gasteiger partial charge in [-0.25, -0.2) is 20.8 Å². The Morgan fingerprint density at radius 1 is 1.20 bits per heavy atom. The lowest BCUT2D eigenvalue weighted by atomic mass is 10.3. The van der Waals surface area contributed by atoms with Crippen LogP contribution in [0.1, 0.15) is 29.9 Å². The summed E-state index contributed by atoms with van der Waals surface area (Å²) in [5.41, 5.74) is 3.65. The van der Waals surface area contributed by atoms with Crippen LogP contribution in [-0.4, -0.2) is 21.5 Å². The quantitative estimate of drug-likeness (QED) is 0.535. The topological polar surface area (TPSA) is 88.8 Å². The van der Waals surface area contributed by atoms with E-state index in [1.807, 2.05) is 13.0 Å². The molecule has 0 unspecified atom stereocenters. The number of aromatic nitrogens is 3. The van der Waals surface area contributed by atoms with E-state index in [2.05, 4.69) is 38.0 Å². The summed E-state index contributed by atoms with van der Waals surface area (Å²) in [7, 11) is 0. The Bertz CT molecular complexity index is 554. The zero-order valence-electron chi connectivity index (χ0n) is 11.8. The van der Waals surface area contributed by atoms with Crippen LogP contribution in [0.2, 0.25) is 0 Å². The molecule has 0 fully saturated rings. The highest BCUT2D eigenvalue weighted by Gasteiger charge is 2.04. The van der Waals surface area contributed by atoms with Crippen molar-refractivity contribution in [2.75, 3.05) is 17.3 Å². The highest BCUT2D eigenvalue weighted by Crippen LogP contribution is 2.13. The van der Waals surface area contributed by atoms with Crippen molar-refractivity contribution >= 4 is 23.0 Å². The first-order valence-electron chi connectivity index (χ1n) is 6.70. The lowest BCUT2D eigenvalue weighted by molar-refractivity contribution is 0.833. The van der Waals surface area contributed by atoms with Crippen molar-refractivity contribution in [2.24, 2.45) is 5.84 Å². The SMILES string of the molecule is CCCc1nc(NN)cc(NCCc2nc(C)cs2)n1. The van der Waals surface area contributed by atoms with E-state index in [0.29, 0.717) is 5.82 Å². The largest absolute Gasteiger partial charge is 0.369 e. The fourth-order valence-corrected chi connectivity index (χ4v) is 2.59. The van der Waals surface area contributed by atoms with Gasteiger partial charge in [-0.15, -0.1) is 11.3 Å². The third kappa shape index (κ3) is 4.14. The zero-order chi connectivity index (χ0) is 14.4. The average molecular weight is 292 g/mol. The van der Waals surface area contributed by atoms with Crippen molar-refractivity contribution in [1.29, 1.82) is 0 Å². The third-order valence-electron chi connectivity index (χ3n) is 2.71. The second-order valence-corrected chi connectivity index (χ2v) is 5.45. The number of nitrogens with one attached hydrogen (secondary N) is 2. The van der Waals surface area contributed by atoms with Gasteiger partial charge in [0.15, 0.2) is 0 Å². The van der Waals surface area contributed by atoms with Crippen LogP contribution in [0.3, 0.4) is 0 Å². The smallest absolute Gasteiger partial charge is 0.145 e. The van der Waals surface area contributed by atoms with Gasteiger partial charge in [-0.2, -0.15) is 0 Å². The van der Waals surface area contributed by atoms with Crippen LogP contribution in [0.25, 0.3) is 0 Å². The average Bonchev–Trinajstić information content (AvgIpc) is 2.84. The Morgan fingerprint density at radius 3 is 2.65 bits per heavy atom. The number of hydrogen-bond donors (Lipinski definition) is 3. The maximum atomic E-state index is 5.43. The first-order chi connectivity index (χ1) is 9.71. The van der Waals surface area contributed by atoms with Gasteiger partial charge in [0.05, 0.1) is 5.01 Å². The molecule has 4 N–H and O–H groups in total. The molecule has 0 aliphatic carbocycles. The molecule has 2 rings (SSSR count).